The summed E-state index contributed by atoms with van der Waals surface area (Å²) >= 11 is 0. The number of nitrogens with one attached hydrogen (secondary N) is 1. The molecule has 1 saturated heterocycles. The third-order valence-corrected chi connectivity index (χ3v) is 5.84. The summed E-state index contributed by atoms with van der Waals surface area (Å²) < 4.78 is 16.6. The first-order chi connectivity index (χ1) is 15.1. The van der Waals surface area contributed by atoms with Crippen LogP contribution < -0.4 is 10.1 Å². The number of furan rings is 1. The van der Waals surface area contributed by atoms with E-state index in [-0.39, 0.29) is 11.9 Å². The van der Waals surface area contributed by atoms with E-state index in [2.05, 4.69) is 15.4 Å². The quantitative estimate of drug-likeness (QED) is 0.578. The van der Waals surface area contributed by atoms with Gasteiger partial charge < -0.3 is 19.0 Å². The van der Waals surface area contributed by atoms with E-state index in [4.69, 9.17) is 13.7 Å². The van der Waals surface area contributed by atoms with E-state index in [9.17, 15) is 4.79 Å². The summed E-state index contributed by atoms with van der Waals surface area (Å²) in [5.74, 6) is 2.24. The molecule has 7 heteroatoms. The lowest BCUT2D eigenvalue weighted by Gasteiger charge is -2.33. The van der Waals surface area contributed by atoms with E-state index in [1.807, 2.05) is 38.1 Å². The van der Waals surface area contributed by atoms with Gasteiger partial charge in [0.2, 0.25) is 0 Å². The minimum Gasteiger partial charge on any atom is -0.489 e. The van der Waals surface area contributed by atoms with Gasteiger partial charge in [0.05, 0.1) is 23.6 Å². The van der Waals surface area contributed by atoms with Crippen molar-refractivity contribution in [1.82, 2.24) is 15.4 Å². The van der Waals surface area contributed by atoms with Gasteiger partial charge in [-0.3, -0.25) is 9.69 Å². The molecular formula is C24H29N3O4. The molecule has 3 heterocycles. The third kappa shape index (κ3) is 5.17. The van der Waals surface area contributed by atoms with Crippen LogP contribution in [0.5, 0.6) is 5.75 Å². The first-order valence-corrected chi connectivity index (χ1v) is 10.8. The molecule has 31 heavy (non-hydrogen) atoms. The average molecular weight is 424 g/mol. The number of hydrogen-bond donors (Lipinski definition) is 1. The van der Waals surface area contributed by atoms with Gasteiger partial charge in [-0.2, -0.15) is 0 Å². The van der Waals surface area contributed by atoms with Crippen LogP contribution in [0.4, 0.5) is 0 Å². The Kier molecular flexibility index (Phi) is 6.72. The molecule has 164 valence electrons. The normalized spacial score (nSPS) is 15.5. The van der Waals surface area contributed by atoms with E-state index in [1.54, 1.807) is 18.4 Å². The molecule has 0 radical (unpaired) electrons. The molecule has 1 atom stereocenters. The fourth-order valence-electron chi connectivity index (χ4n) is 3.98. The number of aromatic nitrogens is 1. The molecule has 1 fully saturated rings. The molecule has 1 aromatic carbocycles. The largest absolute Gasteiger partial charge is 0.489 e. The summed E-state index contributed by atoms with van der Waals surface area (Å²) in [5, 5.41) is 7.01. The Bertz CT molecular complexity index is 953. The second-order valence-electron chi connectivity index (χ2n) is 7.95. The summed E-state index contributed by atoms with van der Waals surface area (Å²) in [6, 6.07) is 11.1. The minimum absolute atomic E-state index is 0.0527. The number of hydrogen-bond acceptors (Lipinski definition) is 6. The van der Waals surface area contributed by atoms with Crippen molar-refractivity contribution in [3.05, 3.63) is 71.0 Å². The van der Waals surface area contributed by atoms with Crippen molar-refractivity contribution in [3.63, 3.8) is 0 Å². The van der Waals surface area contributed by atoms with Crippen LogP contribution in [0.15, 0.2) is 51.6 Å². The monoisotopic (exact) mass is 423 g/mol. The molecule has 7 nitrogen and oxygen atoms in total. The van der Waals surface area contributed by atoms with E-state index in [0.717, 1.165) is 35.9 Å². The number of benzene rings is 1. The second kappa shape index (κ2) is 9.83. The Morgan fingerprint density at radius 2 is 1.94 bits per heavy atom. The Labute approximate surface area is 182 Å². The molecule has 1 N–H and O–H groups in total. The molecular weight excluding hydrogens is 394 g/mol. The molecule has 0 aliphatic carbocycles. The molecule has 3 aromatic rings. The molecule has 2 aromatic heterocycles. The van der Waals surface area contributed by atoms with E-state index in [1.165, 1.54) is 19.3 Å². The maximum atomic E-state index is 12.7. The zero-order valence-electron chi connectivity index (χ0n) is 18.1. The highest BCUT2D eigenvalue weighted by Crippen LogP contribution is 2.25. The van der Waals surface area contributed by atoms with Crippen LogP contribution in [0.1, 0.15) is 58.4 Å². The van der Waals surface area contributed by atoms with Gasteiger partial charge in [-0.15, -0.1) is 0 Å². The van der Waals surface area contributed by atoms with Gasteiger partial charge in [0.25, 0.3) is 5.91 Å². The lowest BCUT2D eigenvalue weighted by molar-refractivity contribution is 0.0914. The number of amides is 1. The van der Waals surface area contributed by atoms with Gasteiger partial charge >= 0.3 is 0 Å². The van der Waals surface area contributed by atoms with Gasteiger partial charge in [0.1, 0.15) is 23.9 Å². The van der Waals surface area contributed by atoms with Crippen molar-refractivity contribution in [3.8, 4) is 5.75 Å². The molecule has 0 unspecified atom stereocenters. The number of aryl methyl sites for hydroxylation is 2. The van der Waals surface area contributed by atoms with Crippen LogP contribution in [0.25, 0.3) is 0 Å². The van der Waals surface area contributed by atoms with Crippen LogP contribution in [-0.2, 0) is 6.61 Å². The Hall–Kier alpha value is -3.06. The molecule has 0 saturated carbocycles. The maximum absolute atomic E-state index is 12.7. The maximum Gasteiger partial charge on any atom is 0.251 e. The summed E-state index contributed by atoms with van der Waals surface area (Å²) in [6.45, 7) is 6.70. The lowest BCUT2D eigenvalue weighted by Crippen LogP contribution is -2.40. The van der Waals surface area contributed by atoms with Crippen LogP contribution in [0.3, 0.4) is 0 Å². The van der Waals surface area contributed by atoms with Crippen LogP contribution in [-0.4, -0.2) is 35.6 Å². The molecule has 0 bridgehead atoms. The predicted octanol–water partition coefficient (Wildman–Crippen LogP) is 4.42. The van der Waals surface area contributed by atoms with Crippen LogP contribution in [0, 0.1) is 13.8 Å². The van der Waals surface area contributed by atoms with Crippen molar-refractivity contribution < 1.29 is 18.5 Å². The summed E-state index contributed by atoms with van der Waals surface area (Å²) in [5.41, 5.74) is 2.37. The zero-order chi connectivity index (χ0) is 21.6. The minimum atomic E-state index is -0.106. The van der Waals surface area contributed by atoms with E-state index < -0.39 is 0 Å². The van der Waals surface area contributed by atoms with E-state index >= 15 is 0 Å². The van der Waals surface area contributed by atoms with Crippen molar-refractivity contribution >= 4 is 5.91 Å². The first kappa shape index (κ1) is 21.2. The number of likely N-dealkylation sites (tertiary alicyclic amines) is 1. The van der Waals surface area contributed by atoms with Crippen molar-refractivity contribution in [2.45, 2.75) is 45.8 Å². The SMILES string of the molecule is Cc1noc(C)c1COc1ccc(C(=O)NC[C@@H](c2ccco2)N2CCCCC2)cc1. The molecule has 1 aliphatic heterocycles. The number of carbonyl (C=O) groups is 1. The Morgan fingerprint density at radius 3 is 2.58 bits per heavy atom. The van der Waals surface area contributed by atoms with Crippen LogP contribution >= 0.6 is 0 Å². The smallest absolute Gasteiger partial charge is 0.251 e. The van der Waals surface area contributed by atoms with Gasteiger partial charge in [0.15, 0.2) is 0 Å². The third-order valence-electron chi connectivity index (χ3n) is 5.84. The van der Waals surface area contributed by atoms with Gasteiger partial charge in [-0.25, -0.2) is 0 Å². The van der Waals surface area contributed by atoms with Crippen molar-refractivity contribution in [1.29, 1.82) is 0 Å². The molecule has 4 rings (SSSR count). The average Bonchev–Trinajstić information content (AvgIpc) is 3.44. The lowest BCUT2D eigenvalue weighted by atomic mass is 10.1. The molecule has 1 amide bonds. The number of nitrogens with zero attached hydrogens (tertiary/aromatic N) is 2. The zero-order valence-corrected chi connectivity index (χ0v) is 18.1. The fourth-order valence-corrected chi connectivity index (χ4v) is 3.98. The number of piperidine rings is 1. The number of carbonyl (C=O) groups excluding carboxylic acids is 1. The fraction of sp³-hybridized carbons (Fsp3) is 0.417. The standard InChI is InChI=1S/C24H29N3O4/c1-17-21(18(2)31-26-17)16-30-20-10-8-19(9-11-20)24(28)25-15-22(23-7-6-14-29-23)27-12-4-3-5-13-27/h6-11,14,22H,3-5,12-13,15-16H2,1-2H3,(H,25,28)/t22-/m0/s1. The topological polar surface area (TPSA) is 80.7 Å². The summed E-state index contributed by atoms with van der Waals surface area (Å²) in [6.07, 6.45) is 5.31. The van der Waals surface area contributed by atoms with Crippen molar-refractivity contribution in [2.24, 2.45) is 0 Å². The van der Waals surface area contributed by atoms with Crippen LogP contribution in [0.2, 0.25) is 0 Å². The van der Waals surface area contributed by atoms with Gasteiger partial charge in [-0.1, -0.05) is 11.6 Å². The highest BCUT2D eigenvalue weighted by atomic mass is 16.5. The molecule has 1 aliphatic rings. The number of rotatable bonds is 8. The summed E-state index contributed by atoms with van der Waals surface area (Å²) in [4.78, 5) is 15.1. The molecule has 0 spiro atoms. The van der Waals surface area contributed by atoms with Crippen molar-refractivity contribution in [2.75, 3.05) is 19.6 Å². The van der Waals surface area contributed by atoms with E-state index in [0.29, 0.717) is 24.5 Å². The Balaban J connectivity index is 1.34. The van der Waals surface area contributed by atoms with Gasteiger partial charge in [-0.05, 0) is 76.2 Å². The predicted molar refractivity (Wildman–Crippen MR) is 116 cm³/mol. The summed E-state index contributed by atoms with van der Waals surface area (Å²) in [7, 11) is 0. The highest BCUT2D eigenvalue weighted by Gasteiger charge is 2.25. The second-order valence-corrected chi connectivity index (χ2v) is 7.95. The Morgan fingerprint density at radius 1 is 1.16 bits per heavy atom. The first-order valence-electron chi connectivity index (χ1n) is 10.8. The number of ether oxygens (including phenoxy) is 1. The van der Waals surface area contributed by atoms with Gasteiger partial charge in [0, 0.05) is 12.1 Å². The highest BCUT2D eigenvalue weighted by molar-refractivity contribution is 5.94.